The van der Waals surface area contributed by atoms with Crippen molar-refractivity contribution in [2.75, 3.05) is 29.5 Å². The molecule has 0 radical (unpaired) electrons. The number of rotatable bonds is 2. The quantitative estimate of drug-likeness (QED) is 0.787. The summed E-state index contributed by atoms with van der Waals surface area (Å²) in [6.07, 6.45) is 0.373. The summed E-state index contributed by atoms with van der Waals surface area (Å²) in [6, 6.07) is 2.37. The molecule has 3 nitrogen and oxygen atoms in total. The second kappa shape index (κ2) is 5.63. The van der Waals surface area contributed by atoms with Crippen LogP contribution in [0.25, 0.3) is 0 Å². The first-order valence-corrected chi connectivity index (χ1v) is 8.28. The van der Waals surface area contributed by atoms with Crippen molar-refractivity contribution in [1.29, 1.82) is 0 Å². The van der Waals surface area contributed by atoms with Crippen LogP contribution in [0.5, 0.6) is 0 Å². The van der Waals surface area contributed by atoms with Crippen LogP contribution in [0, 0.1) is 11.6 Å². The first kappa shape index (κ1) is 14.5. The number of halogens is 3. The van der Waals surface area contributed by atoms with Crippen molar-refractivity contribution < 1.29 is 17.2 Å². The molecule has 1 aliphatic rings. The third-order valence-corrected chi connectivity index (χ3v) is 5.13. The maximum atomic E-state index is 13.9. The van der Waals surface area contributed by atoms with E-state index in [1.165, 1.54) is 17.0 Å². The summed E-state index contributed by atoms with van der Waals surface area (Å²) in [7, 11) is -3.11. The summed E-state index contributed by atoms with van der Waals surface area (Å²) in [5.41, 5.74) is 0.203. The van der Waals surface area contributed by atoms with Crippen molar-refractivity contribution in [3.8, 4) is 0 Å². The van der Waals surface area contributed by atoms with Gasteiger partial charge in [-0.05, 0) is 24.1 Å². The van der Waals surface area contributed by atoms with E-state index in [0.29, 0.717) is 18.5 Å². The molecular formula is C12H14ClF2NO2S. The highest BCUT2D eigenvalue weighted by Gasteiger charge is 2.23. The molecule has 0 spiro atoms. The molecule has 1 heterocycles. The Hall–Kier alpha value is -0.880. The molecule has 1 aromatic rings. The number of anilines is 1. The Morgan fingerprint density at radius 3 is 2.37 bits per heavy atom. The molecule has 19 heavy (non-hydrogen) atoms. The molecule has 1 aromatic carbocycles. The minimum atomic E-state index is -3.11. The molecule has 7 heteroatoms. The van der Waals surface area contributed by atoms with Crippen LogP contribution in [0.3, 0.4) is 0 Å². The molecule has 1 saturated heterocycles. The van der Waals surface area contributed by atoms with Crippen LogP contribution in [0.4, 0.5) is 14.5 Å². The fourth-order valence-electron chi connectivity index (χ4n) is 2.16. The molecule has 0 N–H and O–H groups in total. The third kappa shape index (κ3) is 3.36. The van der Waals surface area contributed by atoms with Gasteiger partial charge in [0.1, 0.15) is 17.3 Å². The van der Waals surface area contributed by atoms with Crippen LogP contribution >= 0.6 is 11.6 Å². The smallest absolute Gasteiger partial charge is 0.152 e. The SMILES string of the molecule is O=S1(=O)CCCN(c2c(F)cc(CCl)cc2F)CC1. The van der Waals surface area contributed by atoms with E-state index in [2.05, 4.69) is 0 Å². The molecule has 1 fully saturated rings. The van der Waals surface area contributed by atoms with E-state index in [4.69, 9.17) is 11.6 Å². The molecule has 0 bridgehead atoms. The molecule has 0 amide bonds. The summed E-state index contributed by atoms with van der Waals surface area (Å²) < 4.78 is 50.8. The largest absolute Gasteiger partial charge is 0.366 e. The first-order valence-electron chi connectivity index (χ1n) is 5.92. The van der Waals surface area contributed by atoms with Gasteiger partial charge in [0.15, 0.2) is 9.84 Å². The van der Waals surface area contributed by atoms with Crippen LogP contribution in [-0.4, -0.2) is 33.0 Å². The first-order chi connectivity index (χ1) is 8.93. The zero-order valence-electron chi connectivity index (χ0n) is 10.2. The molecule has 0 aromatic heterocycles. The normalized spacial score (nSPS) is 19.2. The van der Waals surface area contributed by atoms with Crippen LogP contribution in [0.2, 0.25) is 0 Å². The second-order valence-electron chi connectivity index (χ2n) is 4.53. The minimum Gasteiger partial charge on any atom is -0.366 e. The van der Waals surface area contributed by atoms with E-state index < -0.39 is 21.5 Å². The fraction of sp³-hybridized carbons (Fsp3) is 0.500. The van der Waals surface area contributed by atoms with Gasteiger partial charge in [-0.25, -0.2) is 17.2 Å². The lowest BCUT2D eigenvalue weighted by atomic mass is 10.2. The highest BCUT2D eigenvalue weighted by Crippen LogP contribution is 2.27. The number of nitrogens with zero attached hydrogens (tertiary/aromatic N) is 1. The third-order valence-electron chi connectivity index (χ3n) is 3.10. The average molecular weight is 310 g/mol. The minimum absolute atomic E-state index is 0.0303. The van der Waals surface area contributed by atoms with Gasteiger partial charge in [0, 0.05) is 19.0 Å². The Kier molecular flexibility index (Phi) is 4.30. The second-order valence-corrected chi connectivity index (χ2v) is 7.11. The van der Waals surface area contributed by atoms with Crippen molar-refractivity contribution in [3.05, 3.63) is 29.3 Å². The van der Waals surface area contributed by atoms with Gasteiger partial charge in [0.05, 0.1) is 11.5 Å². The summed E-state index contributed by atoms with van der Waals surface area (Å²) in [4.78, 5) is 1.45. The van der Waals surface area contributed by atoms with Crippen LogP contribution < -0.4 is 4.90 Å². The number of hydrogen-bond donors (Lipinski definition) is 0. The van der Waals surface area contributed by atoms with Gasteiger partial charge in [-0.3, -0.25) is 0 Å². The number of sulfone groups is 1. The van der Waals surface area contributed by atoms with Gasteiger partial charge in [0.25, 0.3) is 0 Å². The van der Waals surface area contributed by atoms with Gasteiger partial charge >= 0.3 is 0 Å². The zero-order chi connectivity index (χ0) is 14.0. The van der Waals surface area contributed by atoms with Crippen molar-refractivity contribution in [2.24, 2.45) is 0 Å². The highest BCUT2D eigenvalue weighted by atomic mass is 35.5. The van der Waals surface area contributed by atoms with Gasteiger partial charge in [-0.1, -0.05) is 0 Å². The lowest BCUT2D eigenvalue weighted by Gasteiger charge is -2.23. The van der Waals surface area contributed by atoms with Crippen molar-refractivity contribution in [2.45, 2.75) is 12.3 Å². The maximum absolute atomic E-state index is 13.9. The maximum Gasteiger partial charge on any atom is 0.152 e. The van der Waals surface area contributed by atoms with E-state index in [1.807, 2.05) is 0 Å². The number of benzene rings is 1. The van der Waals surface area contributed by atoms with Crippen LogP contribution in [-0.2, 0) is 15.7 Å². The summed E-state index contributed by atoms with van der Waals surface area (Å²) in [5, 5.41) is 0. The average Bonchev–Trinajstić information content (AvgIpc) is 2.50. The molecule has 0 atom stereocenters. The molecule has 0 unspecified atom stereocenters. The highest BCUT2D eigenvalue weighted by molar-refractivity contribution is 7.91. The lowest BCUT2D eigenvalue weighted by Crippen LogP contribution is -2.28. The van der Waals surface area contributed by atoms with E-state index in [-0.39, 0.29) is 29.6 Å². The number of alkyl halides is 1. The predicted molar refractivity (Wildman–Crippen MR) is 71.4 cm³/mol. The van der Waals surface area contributed by atoms with Crippen molar-refractivity contribution >= 4 is 27.1 Å². The van der Waals surface area contributed by atoms with Gasteiger partial charge in [-0.15, -0.1) is 11.6 Å². The van der Waals surface area contributed by atoms with E-state index >= 15 is 0 Å². The summed E-state index contributed by atoms with van der Waals surface area (Å²) in [6.45, 7) is 0.434. The Balaban J connectivity index is 2.31. The Labute approximate surface area is 116 Å². The van der Waals surface area contributed by atoms with Gasteiger partial charge in [0.2, 0.25) is 0 Å². The Morgan fingerprint density at radius 1 is 1.16 bits per heavy atom. The monoisotopic (exact) mass is 309 g/mol. The van der Waals surface area contributed by atoms with E-state index in [1.54, 1.807) is 0 Å². The topological polar surface area (TPSA) is 37.4 Å². The zero-order valence-corrected chi connectivity index (χ0v) is 11.8. The summed E-state index contributed by atoms with van der Waals surface area (Å²) in [5.74, 6) is -1.39. The molecule has 0 aliphatic carbocycles. The summed E-state index contributed by atoms with van der Waals surface area (Å²) >= 11 is 5.55. The molecule has 1 aliphatic heterocycles. The molecule has 2 rings (SSSR count). The van der Waals surface area contributed by atoms with E-state index in [0.717, 1.165) is 0 Å². The lowest BCUT2D eigenvalue weighted by molar-refractivity contribution is 0.570. The van der Waals surface area contributed by atoms with Gasteiger partial charge < -0.3 is 4.90 Å². The number of hydrogen-bond acceptors (Lipinski definition) is 3. The molecular weight excluding hydrogens is 296 g/mol. The van der Waals surface area contributed by atoms with Crippen LogP contribution in [0.15, 0.2) is 12.1 Å². The Bertz CT molecular complexity index is 554. The predicted octanol–water partition coefficient (Wildman–Crippen LogP) is 2.33. The van der Waals surface area contributed by atoms with E-state index in [9.17, 15) is 17.2 Å². The molecule has 0 saturated carbocycles. The Morgan fingerprint density at radius 2 is 1.79 bits per heavy atom. The molecule has 106 valence electrons. The standard InChI is InChI=1S/C12H14ClF2NO2S/c13-8-9-6-10(14)12(11(15)7-9)16-2-1-4-19(17,18)5-3-16/h6-7H,1-5,8H2. The van der Waals surface area contributed by atoms with Crippen LogP contribution in [0.1, 0.15) is 12.0 Å². The van der Waals surface area contributed by atoms with Crippen molar-refractivity contribution in [3.63, 3.8) is 0 Å². The fourth-order valence-corrected chi connectivity index (χ4v) is 3.59. The van der Waals surface area contributed by atoms with Gasteiger partial charge in [-0.2, -0.15) is 0 Å². The van der Waals surface area contributed by atoms with Crippen molar-refractivity contribution in [1.82, 2.24) is 0 Å².